The summed E-state index contributed by atoms with van der Waals surface area (Å²) in [5.74, 6) is 0. The number of likely N-dealkylation sites (N-methyl/N-ethyl adjacent to an activating group) is 1. The molecule has 1 N–H and O–H groups in total. The van der Waals surface area contributed by atoms with Gasteiger partial charge in [-0.15, -0.1) is 6.58 Å². The third-order valence-corrected chi connectivity index (χ3v) is 2.81. The Morgan fingerprint density at radius 3 is 2.23 bits per heavy atom. The van der Waals surface area contributed by atoms with E-state index in [1.165, 1.54) is 0 Å². The number of nitrogens with zero attached hydrogens (tertiary/aromatic N) is 1. The van der Waals surface area contributed by atoms with Gasteiger partial charge in [-0.25, -0.2) is 0 Å². The molecule has 0 aliphatic heterocycles. The number of aliphatic hydroxyl groups excluding tert-OH is 1. The van der Waals surface area contributed by atoms with Crippen molar-refractivity contribution in [1.29, 1.82) is 0 Å². The third-order valence-electron chi connectivity index (χ3n) is 2.81. The highest BCUT2D eigenvalue weighted by atomic mass is 16.3. The first-order valence-corrected chi connectivity index (χ1v) is 4.78. The quantitative estimate of drug-likeness (QED) is 0.663. The van der Waals surface area contributed by atoms with Gasteiger partial charge in [0.15, 0.2) is 0 Å². The van der Waals surface area contributed by atoms with Crippen LogP contribution in [0.15, 0.2) is 12.2 Å². The largest absolute Gasteiger partial charge is 0.391 e. The third kappa shape index (κ3) is 3.92. The SMILES string of the molecule is C=C(C)CCC(O)C(C)(C)N(C)C. The zero-order valence-corrected chi connectivity index (χ0v) is 9.59. The number of allylic oxidation sites excluding steroid dienone is 1. The summed E-state index contributed by atoms with van der Waals surface area (Å²) in [7, 11) is 3.98. The van der Waals surface area contributed by atoms with Gasteiger partial charge in [0.2, 0.25) is 0 Å². The van der Waals surface area contributed by atoms with Crippen LogP contribution in [0.3, 0.4) is 0 Å². The fourth-order valence-corrected chi connectivity index (χ4v) is 1.03. The number of rotatable bonds is 5. The molecule has 0 aromatic rings. The van der Waals surface area contributed by atoms with Crippen molar-refractivity contribution in [3.05, 3.63) is 12.2 Å². The second-order valence-corrected chi connectivity index (χ2v) is 4.56. The molecule has 0 fully saturated rings. The van der Waals surface area contributed by atoms with Gasteiger partial charge in [-0.1, -0.05) is 5.57 Å². The van der Waals surface area contributed by atoms with Crippen LogP contribution >= 0.6 is 0 Å². The van der Waals surface area contributed by atoms with Gasteiger partial charge in [-0.05, 0) is 47.7 Å². The molecule has 0 rings (SSSR count). The first-order chi connectivity index (χ1) is 5.78. The molecule has 0 heterocycles. The molecule has 0 radical (unpaired) electrons. The summed E-state index contributed by atoms with van der Waals surface area (Å²) < 4.78 is 0. The molecule has 0 saturated heterocycles. The molecule has 0 amide bonds. The van der Waals surface area contributed by atoms with Crippen LogP contribution in [0, 0.1) is 0 Å². The van der Waals surface area contributed by atoms with Crippen molar-refractivity contribution in [3.63, 3.8) is 0 Å². The number of hydrogen-bond donors (Lipinski definition) is 1. The van der Waals surface area contributed by atoms with E-state index in [-0.39, 0.29) is 11.6 Å². The van der Waals surface area contributed by atoms with Crippen molar-refractivity contribution >= 4 is 0 Å². The first-order valence-electron chi connectivity index (χ1n) is 4.78. The molecule has 13 heavy (non-hydrogen) atoms. The Bertz CT molecular complexity index is 173. The Hall–Kier alpha value is -0.340. The van der Waals surface area contributed by atoms with Crippen molar-refractivity contribution < 1.29 is 5.11 Å². The molecule has 2 nitrogen and oxygen atoms in total. The fourth-order valence-electron chi connectivity index (χ4n) is 1.03. The maximum atomic E-state index is 9.91. The normalized spacial score (nSPS) is 14.7. The Morgan fingerprint density at radius 1 is 1.46 bits per heavy atom. The van der Waals surface area contributed by atoms with E-state index in [4.69, 9.17) is 0 Å². The van der Waals surface area contributed by atoms with Crippen molar-refractivity contribution in [2.24, 2.45) is 0 Å². The van der Waals surface area contributed by atoms with Crippen LogP contribution in [-0.2, 0) is 0 Å². The number of aliphatic hydroxyl groups is 1. The van der Waals surface area contributed by atoms with Crippen LogP contribution in [0.4, 0.5) is 0 Å². The van der Waals surface area contributed by atoms with Gasteiger partial charge in [0, 0.05) is 5.54 Å². The zero-order chi connectivity index (χ0) is 10.6. The molecule has 0 aliphatic rings. The molecule has 0 saturated carbocycles. The average molecular weight is 185 g/mol. The predicted octanol–water partition coefficient (Wildman–Crippen LogP) is 2.04. The summed E-state index contributed by atoms with van der Waals surface area (Å²) in [6, 6.07) is 0. The van der Waals surface area contributed by atoms with E-state index in [0.717, 1.165) is 18.4 Å². The van der Waals surface area contributed by atoms with E-state index in [1.54, 1.807) is 0 Å². The molecule has 0 aromatic carbocycles. The summed E-state index contributed by atoms with van der Waals surface area (Å²) >= 11 is 0. The van der Waals surface area contributed by atoms with Gasteiger partial charge in [0.1, 0.15) is 0 Å². The Balaban J connectivity index is 4.09. The van der Waals surface area contributed by atoms with E-state index >= 15 is 0 Å². The molecular formula is C11H23NO. The molecule has 0 aliphatic carbocycles. The molecule has 0 aromatic heterocycles. The molecule has 1 atom stereocenters. The Labute approximate surface area is 82.3 Å². The fraction of sp³-hybridized carbons (Fsp3) is 0.818. The first kappa shape index (κ1) is 12.7. The van der Waals surface area contributed by atoms with Crippen molar-refractivity contribution in [2.45, 2.75) is 45.3 Å². The van der Waals surface area contributed by atoms with Crippen LogP contribution < -0.4 is 0 Å². The molecule has 0 spiro atoms. The lowest BCUT2D eigenvalue weighted by Gasteiger charge is -2.37. The van der Waals surface area contributed by atoms with Crippen LogP contribution in [0.5, 0.6) is 0 Å². The van der Waals surface area contributed by atoms with Crippen molar-refractivity contribution in [2.75, 3.05) is 14.1 Å². The van der Waals surface area contributed by atoms with Gasteiger partial charge in [-0.2, -0.15) is 0 Å². The minimum Gasteiger partial charge on any atom is -0.391 e. The topological polar surface area (TPSA) is 23.5 Å². The van der Waals surface area contributed by atoms with Gasteiger partial charge in [0.05, 0.1) is 6.10 Å². The smallest absolute Gasteiger partial charge is 0.0721 e. The second kappa shape index (κ2) is 4.77. The summed E-state index contributed by atoms with van der Waals surface area (Å²) in [5, 5.41) is 9.91. The highest BCUT2D eigenvalue weighted by Gasteiger charge is 2.29. The van der Waals surface area contributed by atoms with Crippen LogP contribution in [0.1, 0.15) is 33.6 Å². The predicted molar refractivity (Wildman–Crippen MR) is 57.8 cm³/mol. The summed E-state index contributed by atoms with van der Waals surface area (Å²) in [6.07, 6.45) is 1.40. The van der Waals surface area contributed by atoms with Gasteiger partial charge < -0.3 is 10.0 Å². The molecule has 2 heteroatoms. The highest BCUT2D eigenvalue weighted by molar-refractivity contribution is 4.92. The molecule has 0 bridgehead atoms. The van der Waals surface area contributed by atoms with E-state index < -0.39 is 0 Å². The van der Waals surface area contributed by atoms with Crippen molar-refractivity contribution in [1.82, 2.24) is 4.90 Å². The number of hydrogen-bond acceptors (Lipinski definition) is 2. The highest BCUT2D eigenvalue weighted by Crippen LogP contribution is 2.20. The molecule has 78 valence electrons. The minimum atomic E-state index is -0.292. The summed E-state index contributed by atoms with van der Waals surface area (Å²) in [4.78, 5) is 2.05. The monoisotopic (exact) mass is 185 g/mol. The molecular weight excluding hydrogens is 162 g/mol. The van der Waals surface area contributed by atoms with E-state index in [2.05, 4.69) is 25.3 Å². The van der Waals surface area contributed by atoms with Gasteiger partial charge in [-0.3, -0.25) is 0 Å². The molecule has 1 unspecified atom stereocenters. The maximum Gasteiger partial charge on any atom is 0.0721 e. The Kier molecular flexibility index (Phi) is 4.65. The van der Waals surface area contributed by atoms with Gasteiger partial charge >= 0.3 is 0 Å². The lowest BCUT2D eigenvalue weighted by atomic mass is 9.91. The lowest BCUT2D eigenvalue weighted by Crippen LogP contribution is -2.48. The minimum absolute atomic E-state index is 0.157. The van der Waals surface area contributed by atoms with E-state index in [9.17, 15) is 5.11 Å². The van der Waals surface area contributed by atoms with Crippen LogP contribution in [-0.4, -0.2) is 35.7 Å². The second-order valence-electron chi connectivity index (χ2n) is 4.56. The summed E-state index contributed by atoms with van der Waals surface area (Å²) in [6.45, 7) is 9.93. The average Bonchev–Trinajstić information content (AvgIpc) is 1.99. The van der Waals surface area contributed by atoms with E-state index in [0.29, 0.717) is 0 Å². The lowest BCUT2D eigenvalue weighted by molar-refractivity contribution is 0.0127. The Morgan fingerprint density at radius 2 is 1.92 bits per heavy atom. The maximum absolute atomic E-state index is 9.91. The van der Waals surface area contributed by atoms with Crippen molar-refractivity contribution in [3.8, 4) is 0 Å². The summed E-state index contributed by atoms with van der Waals surface area (Å²) in [5.41, 5.74) is 0.976. The zero-order valence-electron chi connectivity index (χ0n) is 9.59. The van der Waals surface area contributed by atoms with E-state index in [1.807, 2.05) is 21.0 Å². The van der Waals surface area contributed by atoms with Gasteiger partial charge in [0.25, 0.3) is 0 Å². The standard InChI is InChI=1S/C11H23NO/c1-9(2)7-8-10(13)11(3,4)12(5)6/h10,13H,1,7-8H2,2-6H3. The van der Waals surface area contributed by atoms with Crippen LogP contribution in [0.25, 0.3) is 0 Å². The van der Waals surface area contributed by atoms with Crippen LogP contribution in [0.2, 0.25) is 0 Å².